The summed E-state index contributed by atoms with van der Waals surface area (Å²) in [5.41, 5.74) is 0. The third kappa shape index (κ3) is 3.87. The quantitative estimate of drug-likeness (QED) is 0.762. The van der Waals surface area contributed by atoms with Crippen molar-refractivity contribution >= 4 is 11.8 Å². The largest absolute Gasteiger partial charge is 0.336 e. The molecule has 2 heterocycles. The number of likely N-dealkylation sites (tertiary alicyclic amines) is 1. The Morgan fingerprint density at radius 1 is 1.20 bits per heavy atom. The van der Waals surface area contributed by atoms with Gasteiger partial charge < -0.3 is 9.47 Å². The summed E-state index contributed by atoms with van der Waals surface area (Å²) in [5, 5.41) is 0. The molecule has 0 N–H and O–H groups in total. The maximum Gasteiger partial charge on any atom is 0.0946 e. The monoisotopic (exact) mass is 287 g/mol. The van der Waals surface area contributed by atoms with Crippen molar-refractivity contribution < 1.29 is 0 Å². The fraction of sp³-hybridized carbons (Fsp3) is 0.438. The molecule has 1 aliphatic heterocycles. The first-order valence-electron chi connectivity index (χ1n) is 7.26. The Kier molecular flexibility index (Phi) is 4.77. The van der Waals surface area contributed by atoms with E-state index in [1.165, 1.54) is 30.2 Å². The number of aromatic nitrogens is 2. The number of rotatable bonds is 6. The van der Waals surface area contributed by atoms with E-state index in [1.54, 1.807) is 0 Å². The number of hydrogen-bond acceptors (Lipinski definition) is 3. The van der Waals surface area contributed by atoms with Gasteiger partial charge in [-0.3, -0.25) is 0 Å². The minimum atomic E-state index is 0.836. The van der Waals surface area contributed by atoms with Gasteiger partial charge in [0.2, 0.25) is 0 Å². The highest BCUT2D eigenvalue weighted by Gasteiger charge is 2.21. The molecule has 0 aliphatic carbocycles. The van der Waals surface area contributed by atoms with Gasteiger partial charge in [-0.1, -0.05) is 18.2 Å². The summed E-state index contributed by atoms with van der Waals surface area (Å²) in [7, 11) is 0. The Bertz CT molecular complexity index is 498. The van der Waals surface area contributed by atoms with Crippen LogP contribution in [0.1, 0.15) is 6.42 Å². The van der Waals surface area contributed by atoms with Gasteiger partial charge in [-0.15, -0.1) is 11.8 Å². The number of thioether (sulfide) groups is 1. The van der Waals surface area contributed by atoms with Crippen molar-refractivity contribution in [3.05, 3.63) is 49.1 Å². The van der Waals surface area contributed by atoms with Gasteiger partial charge in [0.05, 0.1) is 6.33 Å². The van der Waals surface area contributed by atoms with Crippen LogP contribution in [0.3, 0.4) is 0 Å². The van der Waals surface area contributed by atoms with Crippen LogP contribution < -0.4 is 0 Å². The second-order valence-electron chi connectivity index (χ2n) is 5.38. The molecule has 0 amide bonds. The van der Waals surface area contributed by atoms with E-state index in [0.29, 0.717) is 0 Å². The fourth-order valence-corrected chi connectivity index (χ4v) is 3.71. The average Bonchev–Trinajstić information content (AvgIpc) is 3.16. The van der Waals surface area contributed by atoms with E-state index >= 15 is 0 Å². The van der Waals surface area contributed by atoms with E-state index in [-0.39, 0.29) is 0 Å². The number of hydrogen-bond donors (Lipinski definition) is 0. The molecule has 106 valence electrons. The Labute approximate surface area is 125 Å². The summed E-state index contributed by atoms with van der Waals surface area (Å²) in [6.07, 6.45) is 7.13. The van der Waals surface area contributed by atoms with Crippen LogP contribution in [0.25, 0.3) is 0 Å². The smallest absolute Gasteiger partial charge is 0.0946 e. The molecule has 2 aromatic rings. The third-order valence-electron chi connectivity index (χ3n) is 3.83. The summed E-state index contributed by atoms with van der Waals surface area (Å²) in [4.78, 5) is 8.06. The predicted octanol–water partition coefficient (Wildman–Crippen LogP) is 3.00. The molecule has 3 rings (SSSR count). The van der Waals surface area contributed by atoms with E-state index in [2.05, 4.69) is 44.8 Å². The molecular formula is C16H21N3S. The minimum absolute atomic E-state index is 0.836. The Morgan fingerprint density at radius 2 is 2.10 bits per heavy atom. The molecule has 0 bridgehead atoms. The van der Waals surface area contributed by atoms with Gasteiger partial charge in [-0.25, -0.2) is 4.98 Å². The maximum absolute atomic E-state index is 4.09. The van der Waals surface area contributed by atoms with Crippen LogP contribution >= 0.6 is 11.8 Å². The van der Waals surface area contributed by atoms with Crippen molar-refractivity contribution in [2.75, 3.05) is 25.4 Å². The Hall–Kier alpha value is -1.26. The summed E-state index contributed by atoms with van der Waals surface area (Å²) >= 11 is 1.99. The minimum Gasteiger partial charge on any atom is -0.336 e. The van der Waals surface area contributed by atoms with Crippen LogP contribution in [0, 0.1) is 5.92 Å². The Morgan fingerprint density at radius 3 is 2.90 bits per heavy atom. The lowest BCUT2D eigenvalue weighted by Gasteiger charge is -2.16. The summed E-state index contributed by atoms with van der Waals surface area (Å²) in [5.74, 6) is 2.08. The fourth-order valence-electron chi connectivity index (χ4n) is 2.66. The van der Waals surface area contributed by atoms with Crippen LogP contribution in [0.4, 0.5) is 0 Å². The first kappa shape index (κ1) is 13.7. The SMILES string of the molecule is c1ccc(SC[C@H]2CCN(CCn3ccnc3)C2)cc1. The topological polar surface area (TPSA) is 21.1 Å². The Balaban J connectivity index is 1.38. The number of nitrogens with zero attached hydrogens (tertiary/aromatic N) is 3. The van der Waals surface area contributed by atoms with Crippen molar-refractivity contribution in [1.82, 2.24) is 14.5 Å². The number of imidazole rings is 1. The maximum atomic E-state index is 4.09. The molecule has 1 saturated heterocycles. The lowest BCUT2D eigenvalue weighted by atomic mass is 10.2. The van der Waals surface area contributed by atoms with Gasteiger partial charge in [-0.2, -0.15) is 0 Å². The zero-order valence-corrected chi connectivity index (χ0v) is 12.5. The van der Waals surface area contributed by atoms with Gasteiger partial charge in [-0.05, 0) is 31.0 Å². The first-order chi connectivity index (χ1) is 9.90. The molecule has 1 aliphatic rings. The normalized spacial score (nSPS) is 19.5. The molecule has 0 spiro atoms. The van der Waals surface area contributed by atoms with Crippen molar-refractivity contribution in [3.63, 3.8) is 0 Å². The predicted molar refractivity (Wildman–Crippen MR) is 83.9 cm³/mol. The zero-order valence-electron chi connectivity index (χ0n) is 11.7. The van der Waals surface area contributed by atoms with Crippen molar-refractivity contribution in [1.29, 1.82) is 0 Å². The van der Waals surface area contributed by atoms with Crippen molar-refractivity contribution in [2.45, 2.75) is 17.9 Å². The van der Waals surface area contributed by atoms with Crippen LogP contribution in [-0.2, 0) is 6.54 Å². The van der Waals surface area contributed by atoms with E-state index in [0.717, 1.165) is 19.0 Å². The second kappa shape index (κ2) is 6.95. The highest BCUT2D eigenvalue weighted by atomic mass is 32.2. The number of benzene rings is 1. The van der Waals surface area contributed by atoms with Gasteiger partial charge in [0, 0.05) is 42.7 Å². The van der Waals surface area contributed by atoms with Gasteiger partial charge >= 0.3 is 0 Å². The second-order valence-corrected chi connectivity index (χ2v) is 6.47. The molecule has 0 saturated carbocycles. The highest BCUT2D eigenvalue weighted by Crippen LogP contribution is 2.25. The zero-order chi connectivity index (χ0) is 13.6. The molecule has 20 heavy (non-hydrogen) atoms. The van der Waals surface area contributed by atoms with Crippen LogP contribution in [0.15, 0.2) is 53.9 Å². The van der Waals surface area contributed by atoms with Gasteiger partial charge in [0.25, 0.3) is 0 Å². The average molecular weight is 287 g/mol. The van der Waals surface area contributed by atoms with Crippen molar-refractivity contribution in [2.24, 2.45) is 5.92 Å². The van der Waals surface area contributed by atoms with E-state index < -0.39 is 0 Å². The molecule has 0 unspecified atom stereocenters. The van der Waals surface area contributed by atoms with Crippen molar-refractivity contribution in [3.8, 4) is 0 Å². The molecule has 0 radical (unpaired) electrons. The molecule has 1 aromatic heterocycles. The standard InChI is InChI=1S/C16H21N3S/c1-2-4-16(5-3-1)20-13-15-6-8-18(12-15)10-11-19-9-7-17-14-19/h1-5,7,9,14-15H,6,8,10-13H2/t15-/m0/s1. The van der Waals surface area contributed by atoms with Crippen LogP contribution in [0.5, 0.6) is 0 Å². The third-order valence-corrected chi connectivity index (χ3v) is 5.08. The van der Waals surface area contributed by atoms with Gasteiger partial charge in [0.15, 0.2) is 0 Å². The molecule has 3 nitrogen and oxygen atoms in total. The molecule has 4 heteroatoms. The highest BCUT2D eigenvalue weighted by molar-refractivity contribution is 7.99. The molecule has 1 aromatic carbocycles. The molecule has 1 fully saturated rings. The van der Waals surface area contributed by atoms with Crippen LogP contribution in [-0.4, -0.2) is 39.8 Å². The van der Waals surface area contributed by atoms with Crippen LogP contribution in [0.2, 0.25) is 0 Å². The lowest BCUT2D eigenvalue weighted by Crippen LogP contribution is -2.25. The van der Waals surface area contributed by atoms with E-state index in [4.69, 9.17) is 0 Å². The summed E-state index contributed by atoms with van der Waals surface area (Å²) in [6, 6.07) is 10.7. The first-order valence-corrected chi connectivity index (χ1v) is 8.24. The molecular weight excluding hydrogens is 266 g/mol. The lowest BCUT2D eigenvalue weighted by molar-refractivity contribution is 0.313. The summed E-state index contributed by atoms with van der Waals surface area (Å²) in [6.45, 7) is 4.69. The van der Waals surface area contributed by atoms with Gasteiger partial charge in [0.1, 0.15) is 0 Å². The van der Waals surface area contributed by atoms with E-state index in [1.807, 2.05) is 30.5 Å². The summed E-state index contributed by atoms with van der Waals surface area (Å²) < 4.78 is 2.16. The van der Waals surface area contributed by atoms with E-state index in [9.17, 15) is 0 Å². The molecule has 1 atom stereocenters.